The van der Waals surface area contributed by atoms with Gasteiger partial charge in [-0.2, -0.15) is 13.2 Å². The Balaban J connectivity index is 2.09. The highest BCUT2D eigenvalue weighted by atomic mass is 32.1. The zero-order valence-corrected chi connectivity index (χ0v) is 19.1. The van der Waals surface area contributed by atoms with Crippen molar-refractivity contribution in [3.8, 4) is 0 Å². The molecule has 1 heterocycles. The number of benzene rings is 2. The number of thiocarbonyl (C=S) groups is 1. The summed E-state index contributed by atoms with van der Waals surface area (Å²) in [6.07, 6.45) is -5.45. The Morgan fingerprint density at radius 3 is 2.23 bits per heavy atom. The van der Waals surface area contributed by atoms with Gasteiger partial charge in [-0.25, -0.2) is 0 Å². The fourth-order valence-corrected chi connectivity index (χ4v) is 3.99. The zero-order chi connectivity index (χ0) is 25.8. The molecule has 14 heteroatoms. The van der Waals surface area contributed by atoms with Crippen molar-refractivity contribution in [3.63, 3.8) is 0 Å². The van der Waals surface area contributed by atoms with Crippen LogP contribution in [0.1, 0.15) is 36.0 Å². The Bertz CT molecular complexity index is 1120. The maximum absolute atomic E-state index is 13.3. The number of halogens is 3. The first-order valence-corrected chi connectivity index (χ1v) is 10.8. The molecule has 2 atom stereocenters. The van der Waals surface area contributed by atoms with Gasteiger partial charge < -0.3 is 15.5 Å². The molecule has 0 saturated heterocycles. The van der Waals surface area contributed by atoms with Crippen LogP contribution in [0.4, 0.5) is 24.5 Å². The lowest BCUT2D eigenvalue weighted by molar-refractivity contribution is -0.394. The minimum Gasteiger partial charge on any atom is -0.391 e. The Kier molecular flexibility index (Phi) is 7.84. The molecular formula is C21H20F3N5O5S. The Morgan fingerprint density at radius 2 is 1.71 bits per heavy atom. The van der Waals surface area contributed by atoms with E-state index >= 15 is 0 Å². The molecule has 2 N–H and O–H groups in total. The number of hydrogen-bond acceptors (Lipinski definition) is 7. The van der Waals surface area contributed by atoms with Gasteiger partial charge in [-0.1, -0.05) is 35.5 Å². The fraction of sp³-hybridized carbons (Fsp3) is 0.333. The van der Waals surface area contributed by atoms with Crippen molar-refractivity contribution in [3.05, 3.63) is 79.4 Å². The number of nitro benzene ring substituents is 2. The maximum atomic E-state index is 13.3. The second-order valence-corrected chi connectivity index (χ2v) is 7.89. The van der Waals surface area contributed by atoms with E-state index in [9.17, 15) is 33.4 Å². The van der Waals surface area contributed by atoms with Gasteiger partial charge in [-0.15, -0.1) is 0 Å². The van der Waals surface area contributed by atoms with E-state index in [1.54, 1.807) is 30.3 Å². The SMILES string of the molecule is CCNC(=S)NCCC1ON=C(c2c([N+](=O)[O-])cc(C(F)(F)F)cc2[N+](=O)[O-])C1c1ccccc1. The summed E-state index contributed by atoms with van der Waals surface area (Å²) in [5, 5.41) is 33.7. The maximum Gasteiger partial charge on any atom is 0.416 e. The van der Waals surface area contributed by atoms with Crippen molar-refractivity contribution in [1.82, 2.24) is 10.6 Å². The molecule has 1 aliphatic heterocycles. The molecule has 3 rings (SSSR count). The molecule has 2 aromatic rings. The summed E-state index contributed by atoms with van der Waals surface area (Å²) in [6.45, 7) is 2.79. The first-order chi connectivity index (χ1) is 16.5. The molecule has 0 spiro atoms. The molecular weight excluding hydrogens is 491 g/mol. The minimum absolute atomic E-state index is 0.192. The van der Waals surface area contributed by atoms with Crippen LogP contribution in [-0.4, -0.2) is 39.9 Å². The van der Waals surface area contributed by atoms with Crippen molar-refractivity contribution >= 4 is 34.4 Å². The van der Waals surface area contributed by atoms with E-state index in [1.807, 2.05) is 6.92 Å². The molecule has 1 aliphatic rings. The van der Waals surface area contributed by atoms with Crippen LogP contribution in [0.2, 0.25) is 0 Å². The summed E-state index contributed by atoms with van der Waals surface area (Å²) in [4.78, 5) is 26.8. The number of alkyl halides is 3. The summed E-state index contributed by atoms with van der Waals surface area (Å²) in [5.74, 6) is -0.820. The first-order valence-electron chi connectivity index (χ1n) is 10.4. The number of rotatable bonds is 8. The highest BCUT2D eigenvalue weighted by Gasteiger charge is 2.45. The van der Waals surface area contributed by atoms with Crippen LogP contribution in [0.25, 0.3) is 0 Å². The van der Waals surface area contributed by atoms with Crippen LogP contribution in [0.3, 0.4) is 0 Å². The standard InChI is InChI=1S/C21H20F3N5O5S/c1-2-25-20(35)26-9-8-16-17(12-6-4-3-5-7-12)19(27-34-16)18-14(28(30)31)10-13(21(22,23)24)11-15(18)29(32)33/h3-7,10-11,16-17H,2,8-9H2,1H3,(H2,25,26,35). The van der Waals surface area contributed by atoms with Gasteiger partial charge in [0.1, 0.15) is 11.8 Å². The average Bonchev–Trinajstić information content (AvgIpc) is 3.21. The molecule has 0 bridgehead atoms. The Morgan fingerprint density at radius 1 is 1.11 bits per heavy atom. The fourth-order valence-electron chi connectivity index (χ4n) is 3.75. The smallest absolute Gasteiger partial charge is 0.391 e. The summed E-state index contributed by atoms with van der Waals surface area (Å²) < 4.78 is 40.0. The quantitative estimate of drug-likeness (QED) is 0.305. The summed E-state index contributed by atoms with van der Waals surface area (Å²) in [6, 6.07) is 9.02. The lowest BCUT2D eigenvalue weighted by Gasteiger charge is -2.20. The second-order valence-electron chi connectivity index (χ2n) is 7.49. The second kappa shape index (κ2) is 10.6. The van der Waals surface area contributed by atoms with Gasteiger partial charge in [0.15, 0.2) is 10.7 Å². The molecule has 186 valence electrons. The van der Waals surface area contributed by atoms with Crippen molar-refractivity contribution in [2.75, 3.05) is 13.1 Å². The third-order valence-electron chi connectivity index (χ3n) is 5.24. The van der Waals surface area contributed by atoms with Gasteiger partial charge in [0.05, 0.1) is 21.3 Å². The molecule has 0 aliphatic carbocycles. The summed E-state index contributed by atoms with van der Waals surface area (Å²) in [5.41, 5.74) is -3.91. The molecule has 0 amide bonds. The number of nitro groups is 2. The largest absolute Gasteiger partial charge is 0.416 e. The third-order valence-corrected chi connectivity index (χ3v) is 5.53. The van der Waals surface area contributed by atoms with Gasteiger partial charge in [-0.05, 0) is 24.7 Å². The molecule has 0 radical (unpaired) electrons. The van der Waals surface area contributed by atoms with E-state index in [0.717, 1.165) is 0 Å². The van der Waals surface area contributed by atoms with Gasteiger partial charge in [0.2, 0.25) is 0 Å². The van der Waals surface area contributed by atoms with Crippen LogP contribution < -0.4 is 10.6 Å². The van der Waals surface area contributed by atoms with E-state index in [1.165, 1.54) is 0 Å². The molecule has 35 heavy (non-hydrogen) atoms. The number of nitrogens with one attached hydrogen (secondary N) is 2. The predicted octanol–water partition coefficient (Wildman–Crippen LogP) is 4.28. The molecule has 0 fully saturated rings. The van der Waals surface area contributed by atoms with Crippen LogP contribution >= 0.6 is 12.2 Å². The van der Waals surface area contributed by atoms with Gasteiger partial charge in [-0.3, -0.25) is 20.2 Å². The number of oxime groups is 1. The number of hydrogen-bond donors (Lipinski definition) is 2. The monoisotopic (exact) mass is 511 g/mol. The summed E-state index contributed by atoms with van der Waals surface area (Å²) >= 11 is 5.12. The Hall–Kier alpha value is -3.81. The van der Waals surface area contributed by atoms with Crippen LogP contribution in [0.5, 0.6) is 0 Å². The van der Waals surface area contributed by atoms with Gasteiger partial charge >= 0.3 is 6.18 Å². The van der Waals surface area contributed by atoms with Crippen LogP contribution in [0, 0.1) is 20.2 Å². The van der Waals surface area contributed by atoms with Crippen LogP contribution in [0.15, 0.2) is 47.6 Å². The predicted molar refractivity (Wildman–Crippen MR) is 124 cm³/mol. The topological polar surface area (TPSA) is 132 Å². The third kappa shape index (κ3) is 5.82. The van der Waals surface area contributed by atoms with Gasteiger partial charge in [0.25, 0.3) is 11.4 Å². The van der Waals surface area contributed by atoms with E-state index in [-0.39, 0.29) is 17.8 Å². The highest BCUT2D eigenvalue weighted by molar-refractivity contribution is 7.80. The Labute approximate surface area is 202 Å². The van der Waals surface area contributed by atoms with Crippen molar-refractivity contribution in [2.24, 2.45) is 5.16 Å². The lowest BCUT2D eigenvalue weighted by atomic mass is 9.83. The van der Waals surface area contributed by atoms with E-state index in [2.05, 4.69) is 15.8 Å². The van der Waals surface area contributed by atoms with E-state index in [0.29, 0.717) is 30.2 Å². The molecule has 10 nitrogen and oxygen atoms in total. The van der Waals surface area contributed by atoms with Gasteiger partial charge in [0, 0.05) is 31.6 Å². The average molecular weight is 511 g/mol. The lowest BCUT2D eigenvalue weighted by Crippen LogP contribution is -2.37. The number of nitrogens with zero attached hydrogens (tertiary/aromatic N) is 3. The highest BCUT2D eigenvalue weighted by Crippen LogP contribution is 2.43. The van der Waals surface area contributed by atoms with E-state index in [4.69, 9.17) is 17.1 Å². The molecule has 2 aromatic carbocycles. The molecule has 2 unspecified atom stereocenters. The summed E-state index contributed by atoms with van der Waals surface area (Å²) in [7, 11) is 0. The normalized spacial score (nSPS) is 17.3. The van der Waals surface area contributed by atoms with Crippen LogP contribution in [-0.2, 0) is 11.0 Å². The van der Waals surface area contributed by atoms with E-state index < -0.39 is 50.5 Å². The van der Waals surface area contributed by atoms with Crippen molar-refractivity contribution in [2.45, 2.75) is 31.5 Å². The zero-order valence-electron chi connectivity index (χ0n) is 18.2. The molecule has 0 aromatic heterocycles. The molecule has 0 saturated carbocycles. The first kappa shape index (κ1) is 25.8. The van der Waals surface area contributed by atoms with Crippen molar-refractivity contribution in [1.29, 1.82) is 0 Å². The minimum atomic E-state index is -5.03. The van der Waals surface area contributed by atoms with Crippen molar-refractivity contribution < 1.29 is 27.9 Å².